The van der Waals surface area contributed by atoms with E-state index in [9.17, 15) is 14.4 Å². The Bertz CT molecular complexity index is 601. The average molecular weight is 421 g/mol. The minimum Gasteiger partial charge on any atom is -0.462 e. The lowest BCUT2D eigenvalue weighted by atomic mass is 10.2. The fraction of sp³-hybridized carbons (Fsp3) is 0.542. The van der Waals surface area contributed by atoms with Crippen LogP contribution in [0, 0.1) is 0 Å². The molecule has 0 aliphatic rings. The van der Waals surface area contributed by atoms with E-state index in [0.717, 1.165) is 25.7 Å². The van der Waals surface area contributed by atoms with Gasteiger partial charge in [0.1, 0.15) is 13.2 Å². The Balaban J connectivity index is 4.34. The van der Waals surface area contributed by atoms with Gasteiger partial charge in [-0.05, 0) is 25.7 Å². The van der Waals surface area contributed by atoms with E-state index in [-0.39, 0.29) is 32.5 Å². The lowest BCUT2D eigenvalue weighted by Gasteiger charge is -2.17. The molecule has 168 valence electrons. The molecule has 30 heavy (non-hydrogen) atoms. The summed E-state index contributed by atoms with van der Waals surface area (Å²) >= 11 is 0. The molecule has 0 amide bonds. The second-order valence-corrected chi connectivity index (χ2v) is 6.41. The Morgan fingerprint density at radius 2 is 1.10 bits per heavy atom. The Morgan fingerprint density at radius 1 is 0.633 bits per heavy atom. The van der Waals surface area contributed by atoms with Crippen LogP contribution in [0.15, 0.2) is 48.6 Å². The topological polar surface area (TPSA) is 78.9 Å². The Hall–Kier alpha value is -2.63. The van der Waals surface area contributed by atoms with E-state index in [0.29, 0.717) is 0 Å². The van der Waals surface area contributed by atoms with E-state index >= 15 is 0 Å². The van der Waals surface area contributed by atoms with Gasteiger partial charge in [-0.2, -0.15) is 0 Å². The molecule has 6 nitrogen and oxygen atoms in total. The van der Waals surface area contributed by atoms with Crippen LogP contribution in [0.4, 0.5) is 0 Å². The molecule has 0 radical (unpaired) electrons. The number of carbonyl (C=O) groups excluding carboxylic acids is 3. The summed E-state index contributed by atoms with van der Waals surface area (Å²) in [6, 6.07) is 0. The zero-order valence-corrected chi connectivity index (χ0v) is 18.5. The maximum absolute atomic E-state index is 11.9. The highest BCUT2D eigenvalue weighted by Gasteiger charge is 2.18. The van der Waals surface area contributed by atoms with Crippen molar-refractivity contribution in [2.24, 2.45) is 0 Å². The lowest BCUT2D eigenvalue weighted by Crippen LogP contribution is -2.30. The largest absolute Gasteiger partial charge is 0.462 e. The van der Waals surface area contributed by atoms with Gasteiger partial charge in [0.15, 0.2) is 6.10 Å². The van der Waals surface area contributed by atoms with Gasteiger partial charge in [-0.3, -0.25) is 14.4 Å². The van der Waals surface area contributed by atoms with Crippen LogP contribution in [-0.2, 0) is 28.6 Å². The summed E-state index contributed by atoms with van der Waals surface area (Å²) in [4.78, 5) is 35.1. The minimum absolute atomic E-state index is 0.116. The molecule has 0 heterocycles. The molecular formula is C24H36O6. The van der Waals surface area contributed by atoms with Crippen LogP contribution >= 0.6 is 0 Å². The first kappa shape index (κ1) is 27.4. The summed E-state index contributed by atoms with van der Waals surface area (Å²) in [5, 5.41) is 0. The molecule has 0 aromatic rings. The van der Waals surface area contributed by atoms with Crippen molar-refractivity contribution < 1.29 is 28.6 Å². The third kappa shape index (κ3) is 17.5. The quantitative estimate of drug-likeness (QED) is 0.199. The molecule has 0 aromatic heterocycles. The summed E-state index contributed by atoms with van der Waals surface area (Å²) in [5.74, 6) is -1.31. The van der Waals surface area contributed by atoms with Gasteiger partial charge in [0, 0.05) is 6.42 Å². The second-order valence-electron chi connectivity index (χ2n) is 6.41. The molecule has 0 rings (SSSR count). The third-order valence-corrected chi connectivity index (χ3v) is 3.70. The van der Waals surface area contributed by atoms with Crippen molar-refractivity contribution in [3.05, 3.63) is 48.6 Å². The van der Waals surface area contributed by atoms with Gasteiger partial charge in [0.05, 0.1) is 12.8 Å². The number of hydrogen-bond acceptors (Lipinski definition) is 6. The maximum atomic E-state index is 11.9. The first-order valence-electron chi connectivity index (χ1n) is 10.6. The molecule has 0 aliphatic heterocycles. The van der Waals surface area contributed by atoms with Gasteiger partial charge in [0.25, 0.3) is 0 Å². The molecule has 0 spiro atoms. The molecular weight excluding hydrogens is 384 g/mol. The van der Waals surface area contributed by atoms with Crippen molar-refractivity contribution >= 4 is 17.9 Å². The van der Waals surface area contributed by atoms with Crippen LogP contribution in [0.3, 0.4) is 0 Å². The van der Waals surface area contributed by atoms with Gasteiger partial charge >= 0.3 is 17.9 Å². The number of hydrogen-bond donors (Lipinski definition) is 0. The molecule has 6 heteroatoms. The SMILES string of the molecule is CC/C=C\C/C=C\C/C=C\CC(=O)OCC(COC(=O)CC)OC(=O)C/C=C\CC. The Kier molecular flexibility index (Phi) is 18.0. The van der Waals surface area contributed by atoms with Crippen LogP contribution in [0.5, 0.6) is 0 Å². The number of carbonyl (C=O) groups is 3. The second kappa shape index (κ2) is 19.7. The fourth-order valence-electron chi connectivity index (χ4n) is 2.12. The maximum Gasteiger partial charge on any atom is 0.310 e. The highest BCUT2D eigenvalue weighted by molar-refractivity contribution is 5.72. The van der Waals surface area contributed by atoms with Crippen LogP contribution in [0.1, 0.15) is 65.7 Å². The average Bonchev–Trinajstić information content (AvgIpc) is 2.74. The minimum atomic E-state index is -0.824. The van der Waals surface area contributed by atoms with Crippen LogP contribution in [0.2, 0.25) is 0 Å². The summed E-state index contributed by atoms with van der Waals surface area (Å²) in [7, 11) is 0. The van der Waals surface area contributed by atoms with E-state index in [1.807, 2.05) is 25.2 Å². The normalized spacial score (nSPS) is 12.8. The Morgan fingerprint density at radius 3 is 1.70 bits per heavy atom. The van der Waals surface area contributed by atoms with Gasteiger partial charge in [-0.1, -0.05) is 69.4 Å². The third-order valence-electron chi connectivity index (χ3n) is 3.70. The molecule has 0 bridgehead atoms. The molecule has 0 aliphatic carbocycles. The molecule has 0 N–H and O–H groups in total. The van der Waals surface area contributed by atoms with E-state index < -0.39 is 24.0 Å². The van der Waals surface area contributed by atoms with Crippen LogP contribution in [-0.4, -0.2) is 37.2 Å². The number of esters is 3. The van der Waals surface area contributed by atoms with Crippen molar-refractivity contribution in [2.45, 2.75) is 71.8 Å². The van der Waals surface area contributed by atoms with Gasteiger partial charge in [0.2, 0.25) is 0 Å². The molecule has 1 atom stereocenters. The lowest BCUT2D eigenvalue weighted by molar-refractivity contribution is -0.165. The van der Waals surface area contributed by atoms with Gasteiger partial charge < -0.3 is 14.2 Å². The van der Waals surface area contributed by atoms with Crippen molar-refractivity contribution in [1.29, 1.82) is 0 Å². The first-order chi connectivity index (χ1) is 14.5. The van der Waals surface area contributed by atoms with Gasteiger partial charge in [-0.15, -0.1) is 0 Å². The molecule has 1 unspecified atom stereocenters. The Labute approximate surface area is 180 Å². The number of rotatable bonds is 16. The number of ether oxygens (including phenoxy) is 3. The van der Waals surface area contributed by atoms with E-state index in [4.69, 9.17) is 14.2 Å². The first-order valence-corrected chi connectivity index (χ1v) is 10.6. The monoisotopic (exact) mass is 420 g/mol. The smallest absolute Gasteiger partial charge is 0.310 e. The summed E-state index contributed by atoms with van der Waals surface area (Å²) in [6.07, 6.45) is 18.7. The summed E-state index contributed by atoms with van der Waals surface area (Å²) in [5.41, 5.74) is 0. The predicted molar refractivity (Wildman–Crippen MR) is 118 cm³/mol. The number of allylic oxidation sites excluding steroid dienone is 6. The zero-order valence-electron chi connectivity index (χ0n) is 18.5. The van der Waals surface area contributed by atoms with Crippen molar-refractivity contribution in [1.82, 2.24) is 0 Å². The van der Waals surface area contributed by atoms with Crippen LogP contribution in [0.25, 0.3) is 0 Å². The summed E-state index contributed by atoms with van der Waals surface area (Å²) < 4.78 is 15.4. The summed E-state index contributed by atoms with van der Waals surface area (Å²) in [6.45, 7) is 5.43. The standard InChI is InChI=1S/C24H36O6/c1-4-7-9-10-11-12-13-14-16-17-23(26)29-20-21(19-28-22(25)6-3)30-24(27)18-15-8-5-2/h7-9,11-12,14-16,21H,4-6,10,13,17-20H2,1-3H3/b9-7-,12-11-,15-8-,16-14-. The van der Waals surface area contributed by atoms with Crippen molar-refractivity contribution in [3.63, 3.8) is 0 Å². The molecule has 0 saturated carbocycles. The highest BCUT2D eigenvalue weighted by Crippen LogP contribution is 2.03. The van der Waals surface area contributed by atoms with E-state index in [1.165, 1.54) is 0 Å². The molecule has 0 fully saturated rings. The fourth-order valence-corrected chi connectivity index (χ4v) is 2.12. The highest BCUT2D eigenvalue weighted by atomic mass is 16.6. The van der Waals surface area contributed by atoms with Crippen LogP contribution < -0.4 is 0 Å². The van der Waals surface area contributed by atoms with E-state index in [2.05, 4.69) is 25.2 Å². The van der Waals surface area contributed by atoms with Crippen molar-refractivity contribution in [2.75, 3.05) is 13.2 Å². The van der Waals surface area contributed by atoms with E-state index in [1.54, 1.807) is 19.1 Å². The van der Waals surface area contributed by atoms with Gasteiger partial charge in [-0.25, -0.2) is 0 Å². The predicted octanol–water partition coefficient (Wildman–Crippen LogP) is 5.00. The van der Waals surface area contributed by atoms with Crippen molar-refractivity contribution in [3.8, 4) is 0 Å². The molecule has 0 aromatic carbocycles. The zero-order chi connectivity index (χ0) is 22.5. The molecule has 0 saturated heterocycles.